The Kier molecular flexibility index (Phi) is 5.68. The molecule has 0 unspecified atom stereocenters. The number of aryl methyl sites for hydroxylation is 1. The van der Waals surface area contributed by atoms with Crippen LogP contribution in [0.4, 0.5) is 0 Å². The van der Waals surface area contributed by atoms with E-state index < -0.39 is 0 Å². The quantitative estimate of drug-likeness (QED) is 0.362. The van der Waals surface area contributed by atoms with Crippen molar-refractivity contribution in [3.63, 3.8) is 0 Å². The predicted octanol–water partition coefficient (Wildman–Crippen LogP) is 7.26. The molecule has 0 aliphatic carbocycles. The maximum Gasteiger partial charge on any atom is 0.232 e. The molecule has 1 aliphatic rings. The monoisotopic (exact) mass is 488 g/mol. The van der Waals surface area contributed by atoms with Gasteiger partial charge in [0.2, 0.25) is 5.78 Å². The van der Waals surface area contributed by atoms with Gasteiger partial charge in [0.15, 0.2) is 5.76 Å². The third kappa shape index (κ3) is 4.35. The second kappa shape index (κ2) is 8.23. The van der Waals surface area contributed by atoms with E-state index in [0.29, 0.717) is 39.3 Å². The van der Waals surface area contributed by atoms with Crippen LogP contribution < -0.4 is 9.47 Å². The smallest absolute Gasteiger partial charge is 0.232 e. The van der Waals surface area contributed by atoms with Crippen molar-refractivity contribution in [2.75, 3.05) is 0 Å². The second-order valence-electron chi connectivity index (χ2n) is 6.63. The van der Waals surface area contributed by atoms with Gasteiger partial charge in [-0.15, -0.1) is 0 Å². The van der Waals surface area contributed by atoms with Crippen LogP contribution in [0, 0.1) is 6.92 Å². The molecular formula is C23H15BrCl2O3. The first-order valence-electron chi connectivity index (χ1n) is 8.82. The highest BCUT2D eigenvalue weighted by Gasteiger charge is 2.30. The number of hydrogen-bond acceptors (Lipinski definition) is 3. The third-order valence-corrected chi connectivity index (χ3v) is 5.60. The predicted molar refractivity (Wildman–Crippen MR) is 119 cm³/mol. The number of carbonyl (C=O) groups is 1. The highest BCUT2D eigenvalue weighted by atomic mass is 79.9. The highest BCUT2D eigenvalue weighted by molar-refractivity contribution is 9.10. The van der Waals surface area contributed by atoms with E-state index in [2.05, 4.69) is 15.9 Å². The third-order valence-electron chi connectivity index (χ3n) is 4.51. The molecule has 0 radical (unpaired) electrons. The first kappa shape index (κ1) is 20.0. The SMILES string of the molecule is Cc1cc(OCc2ccc(Br)cc2)cc2c1C(=O)/C(=C/c1ccc(Cl)cc1Cl)O2. The van der Waals surface area contributed by atoms with E-state index in [-0.39, 0.29) is 11.5 Å². The lowest BCUT2D eigenvalue weighted by Crippen LogP contribution is -2.00. The summed E-state index contributed by atoms with van der Waals surface area (Å²) in [6, 6.07) is 16.6. The Morgan fingerprint density at radius 3 is 2.55 bits per heavy atom. The van der Waals surface area contributed by atoms with Crippen LogP contribution in [-0.2, 0) is 6.61 Å². The molecule has 0 N–H and O–H groups in total. The van der Waals surface area contributed by atoms with E-state index in [1.807, 2.05) is 37.3 Å². The van der Waals surface area contributed by atoms with Crippen LogP contribution >= 0.6 is 39.1 Å². The number of ether oxygens (including phenoxy) is 2. The molecule has 3 nitrogen and oxygen atoms in total. The molecular weight excluding hydrogens is 475 g/mol. The van der Waals surface area contributed by atoms with Gasteiger partial charge in [0.05, 0.1) is 5.56 Å². The number of halogens is 3. The molecule has 0 bridgehead atoms. The van der Waals surface area contributed by atoms with Gasteiger partial charge in [0.25, 0.3) is 0 Å². The van der Waals surface area contributed by atoms with Crippen molar-refractivity contribution < 1.29 is 14.3 Å². The fourth-order valence-electron chi connectivity index (χ4n) is 3.07. The van der Waals surface area contributed by atoms with E-state index in [4.69, 9.17) is 32.7 Å². The Hall–Kier alpha value is -2.27. The summed E-state index contributed by atoms with van der Waals surface area (Å²) in [7, 11) is 0. The number of ketones is 1. The number of allylic oxidation sites excluding steroid dienone is 1. The Morgan fingerprint density at radius 1 is 1.07 bits per heavy atom. The largest absolute Gasteiger partial charge is 0.489 e. The topological polar surface area (TPSA) is 35.5 Å². The van der Waals surface area contributed by atoms with Gasteiger partial charge in [0.1, 0.15) is 18.1 Å². The zero-order valence-electron chi connectivity index (χ0n) is 15.3. The average Bonchev–Trinajstić information content (AvgIpc) is 2.99. The number of benzene rings is 3. The molecule has 1 aliphatic heterocycles. The molecule has 0 saturated heterocycles. The van der Waals surface area contributed by atoms with Crippen LogP contribution in [0.2, 0.25) is 10.0 Å². The first-order valence-corrected chi connectivity index (χ1v) is 10.4. The summed E-state index contributed by atoms with van der Waals surface area (Å²) < 4.78 is 12.7. The van der Waals surface area contributed by atoms with Crippen LogP contribution in [0.15, 0.2) is 64.8 Å². The molecule has 0 fully saturated rings. The summed E-state index contributed by atoms with van der Waals surface area (Å²) in [5.41, 5.74) is 3.04. The Bertz CT molecular complexity index is 1140. The summed E-state index contributed by atoms with van der Waals surface area (Å²) in [6.07, 6.45) is 1.63. The lowest BCUT2D eigenvalue weighted by Gasteiger charge is -2.09. The van der Waals surface area contributed by atoms with E-state index in [0.717, 1.165) is 15.6 Å². The Labute approximate surface area is 187 Å². The minimum Gasteiger partial charge on any atom is -0.489 e. The Morgan fingerprint density at radius 2 is 1.83 bits per heavy atom. The van der Waals surface area contributed by atoms with Crippen molar-refractivity contribution >= 4 is 51.0 Å². The van der Waals surface area contributed by atoms with E-state index >= 15 is 0 Å². The minimum absolute atomic E-state index is 0.178. The first-order chi connectivity index (χ1) is 13.9. The second-order valence-corrected chi connectivity index (χ2v) is 8.39. The maximum absolute atomic E-state index is 12.8. The lowest BCUT2D eigenvalue weighted by atomic mass is 10.0. The number of fused-ring (bicyclic) bond motifs is 1. The average molecular weight is 490 g/mol. The fraction of sp³-hybridized carbons (Fsp3) is 0.0870. The molecule has 3 aromatic carbocycles. The lowest BCUT2D eigenvalue weighted by molar-refractivity contribution is 0.101. The van der Waals surface area contributed by atoms with E-state index in [1.165, 1.54) is 0 Å². The number of carbonyl (C=O) groups excluding carboxylic acids is 1. The van der Waals surface area contributed by atoms with Crippen molar-refractivity contribution in [2.45, 2.75) is 13.5 Å². The summed E-state index contributed by atoms with van der Waals surface area (Å²) in [5.74, 6) is 1.17. The molecule has 146 valence electrons. The summed E-state index contributed by atoms with van der Waals surface area (Å²) in [4.78, 5) is 12.8. The van der Waals surface area contributed by atoms with Crippen molar-refractivity contribution in [1.29, 1.82) is 0 Å². The molecule has 0 amide bonds. The molecule has 0 atom stereocenters. The maximum atomic E-state index is 12.8. The standard InChI is InChI=1S/C23H15BrCl2O3/c1-13-8-18(28-12-14-2-5-16(24)6-3-14)11-20-22(13)23(27)21(29-20)9-15-4-7-17(25)10-19(15)26/h2-11H,12H2,1H3/b21-9-. The van der Waals surface area contributed by atoms with Crippen LogP contribution in [-0.4, -0.2) is 5.78 Å². The van der Waals surface area contributed by atoms with Gasteiger partial charge in [-0.2, -0.15) is 0 Å². The van der Waals surface area contributed by atoms with E-state index in [1.54, 1.807) is 30.3 Å². The highest BCUT2D eigenvalue weighted by Crippen LogP contribution is 2.38. The van der Waals surface area contributed by atoms with Crippen molar-refractivity contribution in [3.8, 4) is 11.5 Å². The minimum atomic E-state index is -0.178. The van der Waals surface area contributed by atoms with Crippen LogP contribution in [0.3, 0.4) is 0 Å². The molecule has 0 aromatic heterocycles. The molecule has 6 heteroatoms. The van der Waals surface area contributed by atoms with E-state index in [9.17, 15) is 4.79 Å². The summed E-state index contributed by atoms with van der Waals surface area (Å²) >= 11 is 15.6. The van der Waals surface area contributed by atoms with Crippen molar-refractivity contribution in [1.82, 2.24) is 0 Å². The van der Waals surface area contributed by atoms with Crippen molar-refractivity contribution in [2.24, 2.45) is 0 Å². The summed E-state index contributed by atoms with van der Waals surface area (Å²) in [6.45, 7) is 2.29. The van der Waals surface area contributed by atoms with Crippen LogP contribution in [0.25, 0.3) is 6.08 Å². The van der Waals surface area contributed by atoms with Gasteiger partial charge in [-0.3, -0.25) is 4.79 Å². The number of Topliss-reactive ketones (excluding diaryl/α,β-unsaturated/α-hetero) is 1. The van der Waals surface area contributed by atoms with Crippen LogP contribution in [0.1, 0.15) is 27.0 Å². The van der Waals surface area contributed by atoms with Gasteiger partial charge >= 0.3 is 0 Å². The molecule has 4 rings (SSSR count). The van der Waals surface area contributed by atoms with Gasteiger partial charge in [-0.05, 0) is 60.0 Å². The molecule has 0 saturated carbocycles. The normalized spacial score (nSPS) is 14.1. The zero-order valence-corrected chi connectivity index (χ0v) is 18.4. The molecule has 1 heterocycles. The van der Waals surface area contributed by atoms with Gasteiger partial charge in [-0.1, -0.05) is 57.3 Å². The van der Waals surface area contributed by atoms with Gasteiger partial charge < -0.3 is 9.47 Å². The van der Waals surface area contributed by atoms with Gasteiger partial charge in [0, 0.05) is 20.6 Å². The fourth-order valence-corrected chi connectivity index (χ4v) is 3.80. The molecule has 29 heavy (non-hydrogen) atoms. The number of hydrogen-bond donors (Lipinski definition) is 0. The Balaban J connectivity index is 1.57. The number of rotatable bonds is 4. The summed E-state index contributed by atoms with van der Waals surface area (Å²) in [5, 5.41) is 0.982. The van der Waals surface area contributed by atoms with Crippen molar-refractivity contribution in [3.05, 3.63) is 97.1 Å². The zero-order chi connectivity index (χ0) is 20.5. The van der Waals surface area contributed by atoms with Gasteiger partial charge in [-0.25, -0.2) is 0 Å². The molecule has 3 aromatic rings. The van der Waals surface area contributed by atoms with Crippen LogP contribution in [0.5, 0.6) is 11.5 Å². The molecule has 0 spiro atoms.